The van der Waals surface area contributed by atoms with E-state index in [9.17, 15) is 18.0 Å². The summed E-state index contributed by atoms with van der Waals surface area (Å²) in [7, 11) is -3.70. The van der Waals surface area contributed by atoms with Gasteiger partial charge in [-0.3, -0.25) is 9.59 Å². The van der Waals surface area contributed by atoms with Gasteiger partial charge in [0.05, 0.1) is 10.8 Å². The SMILES string of the molecule is CCN(CC)C(=O)C1CC(=O)N(CCc2ccc(S(N)(=O)=O)cc2)C1. The van der Waals surface area contributed by atoms with Crippen LogP contribution in [0.15, 0.2) is 29.2 Å². The molecule has 1 unspecified atom stereocenters. The van der Waals surface area contributed by atoms with Crippen LogP contribution in [0.1, 0.15) is 25.8 Å². The van der Waals surface area contributed by atoms with E-state index in [1.165, 1.54) is 12.1 Å². The van der Waals surface area contributed by atoms with Crippen molar-refractivity contribution in [2.24, 2.45) is 11.1 Å². The predicted octanol–water partition coefficient (Wildman–Crippen LogP) is 0.593. The second-order valence-electron chi connectivity index (χ2n) is 6.19. The minimum absolute atomic E-state index is 0.00772. The molecule has 1 fully saturated rings. The number of carbonyl (C=O) groups is 2. The number of nitrogens with zero attached hydrogens (tertiary/aromatic N) is 2. The van der Waals surface area contributed by atoms with E-state index in [1.54, 1.807) is 21.9 Å². The maximum atomic E-state index is 12.4. The van der Waals surface area contributed by atoms with Crippen LogP contribution in [0.4, 0.5) is 0 Å². The Kier molecular flexibility index (Phi) is 6.18. The molecule has 1 heterocycles. The van der Waals surface area contributed by atoms with Crippen LogP contribution in [-0.2, 0) is 26.0 Å². The smallest absolute Gasteiger partial charge is 0.238 e. The molecule has 8 heteroatoms. The van der Waals surface area contributed by atoms with Crippen LogP contribution < -0.4 is 5.14 Å². The molecule has 25 heavy (non-hydrogen) atoms. The Morgan fingerprint density at radius 1 is 1.24 bits per heavy atom. The molecule has 1 aromatic carbocycles. The minimum atomic E-state index is -3.70. The highest BCUT2D eigenvalue weighted by molar-refractivity contribution is 7.89. The third-order valence-electron chi connectivity index (χ3n) is 4.56. The first-order chi connectivity index (χ1) is 11.8. The van der Waals surface area contributed by atoms with Crippen LogP contribution in [0.5, 0.6) is 0 Å². The summed E-state index contributed by atoms with van der Waals surface area (Å²) in [4.78, 5) is 28.1. The van der Waals surface area contributed by atoms with Crippen LogP contribution in [0, 0.1) is 5.92 Å². The number of hydrogen-bond donors (Lipinski definition) is 1. The van der Waals surface area contributed by atoms with Crippen molar-refractivity contribution < 1.29 is 18.0 Å². The summed E-state index contributed by atoms with van der Waals surface area (Å²) in [5, 5.41) is 5.07. The monoisotopic (exact) mass is 367 g/mol. The van der Waals surface area contributed by atoms with Crippen molar-refractivity contribution in [1.29, 1.82) is 0 Å². The molecule has 1 aromatic rings. The average molecular weight is 367 g/mol. The molecule has 0 bridgehead atoms. The lowest BCUT2D eigenvalue weighted by molar-refractivity contribution is -0.135. The van der Waals surface area contributed by atoms with Crippen molar-refractivity contribution in [1.82, 2.24) is 9.80 Å². The number of rotatable bonds is 7. The van der Waals surface area contributed by atoms with Gasteiger partial charge in [0.2, 0.25) is 21.8 Å². The van der Waals surface area contributed by atoms with Crippen LogP contribution in [0.2, 0.25) is 0 Å². The molecule has 0 saturated carbocycles. The van der Waals surface area contributed by atoms with Gasteiger partial charge in [0.1, 0.15) is 0 Å². The summed E-state index contributed by atoms with van der Waals surface area (Å²) in [6.07, 6.45) is 0.864. The minimum Gasteiger partial charge on any atom is -0.343 e. The van der Waals surface area contributed by atoms with E-state index >= 15 is 0 Å². The fourth-order valence-corrected chi connectivity index (χ4v) is 3.57. The summed E-state index contributed by atoms with van der Waals surface area (Å²) in [6, 6.07) is 6.31. The summed E-state index contributed by atoms with van der Waals surface area (Å²) in [5.41, 5.74) is 0.915. The Balaban J connectivity index is 1.93. The van der Waals surface area contributed by atoms with E-state index in [-0.39, 0.29) is 29.0 Å². The molecule has 0 aromatic heterocycles. The lowest BCUT2D eigenvalue weighted by atomic mass is 10.1. The molecular weight excluding hydrogens is 342 g/mol. The Labute approximate surface area is 148 Å². The van der Waals surface area contributed by atoms with Gasteiger partial charge in [-0.1, -0.05) is 12.1 Å². The molecule has 7 nitrogen and oxygen atoms in total. The van der Waals surface area contributed by atoms with E-state index in [4.69, 9.17) is 5.14 Å². The summed E-state index contributed by atoms with van der Waals surface area (Å²) in [6.45, 7) is 6.12. The third-order valence-corrected chi connectivity index (χ3v) is 5.49. The first-order valence-corrected chi connectivity index (χ1v) is 9.99. The lowest BCUT2D eigenvalue weighted by Gasteiger charge is -2.22. The zero-order valence-electron chi connectivity index (χ0n) is 14.6. The van der Waals surface area contributed by atoms with Crippen LogP contribution in [0.3, 0.4) is 0 Å². The van der Waals surface area contributed by atoms with Crippen molar-refractivity contribution in [3.63, 3.8) is 0 Å². The highest BCUT2D eigenvalue weighted by Gasteiger charge is 2.35. The van der Waals surface area contributed by atoms with Crippen LogP contribution in [-0.4, -0.2) is 56.2 Å². The average Bonchev–Trinajstić information content (AvgIpc) is 2.94. The molecule has 1 saturated heterocycles. The van der Waals surface area contributed by atoms with E-state index in [0.717, 1.165) is 5.56 Å². The zero-order valence-corrected chi connectivity index (χ0v) is 15.5. The number of nitrogens with two attached hydrogens (primary N) is 1. The highest BCUT2D eigenvalue weighted by Crippen LogP contribution is 2.21. The largest absolute Gasteiger partial charge is 0.343 e. The van der Waals surface area contributed by atoms with E-state index in [1.807, 2.05) is 13.8 Å². The summed E-state index contributed by atoms with van der Waals surface area (Å²) < 4.78 is 22.5. The molecule has 0 aliphatic carbocycles. The number of likely N-dealkylation sites (tertiary alicyclic amines) is 1. The van der Waals surface area contributed by atoms with Gasteiger partial charge >= 0.3 is 0 Å². The second-order valence-corrected chi connectivity index (χ2v) is 7.75. The topological polar surface area (TPSA) is 101 Å². The van der Waals surface area contributed by atoms with E-state index < -0.39 is 10.0 Å². The van der Waals surface area contributed by atoms with Gasteiger partial charge < -0.3 is 9.80 Å². The van der Waals surface area contributed by atoms with Crippen LogP contribution >= 0.6 is 0 Å². The normalized spacial score (nSPS) is 17.8. The molecule has 2 N–H and O–H groups in total. The summed E-state index contributed by atoms with van der Waals surface area (Å²) >= 11 is 0. The number of hydrogen-bond acceptors (Lipinski definition) is 4. The van der Waals surface area contributed by atoms with Gasteiger partial charge in [0, 0.05) is 32.6 Å². The number of amides is 2. The maximum absolute atomic E-state index is 12.4. The lowest BCUT2D eigenvalue weighted by Crippen LogP contribution is -2.37. The molecule has 2 rings (SSSR count). The molecule has 1 aliphatic rings. The highest BCUT2D eigenvalue weighted by atomic mass is 32.2. The first kappa shape index (κ1) is 19.4. The fraction of sp³-hybridized carbons (Fsp3) is 0.529. The van der Waals surface area contributed by atoms with Crippen molar-refractivity contribution in [3.8, 4) is 0 Å². The van der Waals surface area contributed by atoms with E-state index in [2.05, 4.69) is 0 Å². The number of benzene rings is 1. The quantitative estimate of drug-likeness (QED) is 0.762. The Bertz CT molecular complexity index is 727. The van der Waals surface area contributed by atoms with Gasteiger partial charge in [-0.25, -0.2) is 13.6 Å². The molecule has 1 aliphatic heterocycles. The number of sulfonamides is 1. The maximum Gasteiger partial charge on any atom is 0.238 e. The van der Waals surface area contributed by atoms with Crippen molar-refractivity contribution in [3.05, 3.63) is 29.8 Å². The zero-order chi connectivity index (χ0) is 18.6. The Morgan fingerprint density at radius 2 is 1.84 bits per heavy atom. The molecule has 1 atom stereocenters. The Morgan fingerprint density at radius 3 is 2.36 bits per heavy atom. The fourth-order valence-electron chi connectivity index (χ4n) is 3.06. The van der Waals surface area contributed by atoms with Gasteiger partial charge in [-0.2, -0.15) is 0 Å². The Hall–Kier alpha value is -1.93. The second kappa shape index (κ2) is 7.97. The third kappa shape index (κ3) is 4.79. The van der Waals surface area contributed by atoms with Crippen molar-refractivity contribution in [2.75, 3.05) is 26.2 Å². The molecular formula is C17H25N3O4S. The first-order valence-electron chi connectivity index (χ1n) is 8.44. The van der Waals surface area contributed by atoms with E-state index in [0.29, 0.717) is 32.6 Å². The van der Waals surface area contributed by atoms with Crippen molar-refractivity contribution >= 4 is 21.8 Å². The van der Waals surface area contributed by atoms with Crippen LogP contribution in [0.25, 0.3) is 0 Å². The molecule has 0 spiro atoms. The van der Waals surface area contributed by atoms with Gasteiger partial charge in [0.15, 0.2) is 0 Å². The summed E-state index contributed by atoms with van der Waals surface area (Å²) in [5.74, 6) is -0.234. The van der Waals surface area contributed by atoms with Gasteiger partial charge in [-0.15, -0.1) is 0 Å². The van der Waals surface area contributed by atoms with Crippen molar-refractivity contribution in [2.45, 2.75) is 31.6 Å². The van der Waals surface area contributed by atoms with Gasteiger partial charge in [-0.05, 0) is 38.0 Å². The number of carbonyl (C=O) groups excluding carboxylic acids is 2. The molecule has 2 amide bonds. The molecule has 138 valence electrons. The van der Waals surface area contributed by atoms with Gasteiger partial charge in [0.25, 0.3) is 0 Å². The standard InChI is InChI=1S/C17H25N3O4S/c1-3-19(4-2)17(22)14-11-16(21)20(12-14)10-9-13-5-7-15(8-6-13)25(18,23)24/h5-8,14H,3-4,9-12H2,1-2H3,(H2,18,23,24). The molecule has 0 radical (unpaired) electrons. The predicted molar refractivity (Wildman–Crippen MR) is 94.1 cm³/mol. The number of primary sulfonamides is 1.